The van der Waals surface area contributed by atoms with Gasteiger partial charge in [0, 0.05) is 16.5 Å². The Balaban J connectivity index is 2.28. The molecule has 4 nitrogen and oxygen atoms in total. The summed E-state index contributed by atoms with van der Waals surface area (Å²) in [6.45, 7) is 1.99. The molecule has 0 amide bonds. The fourth-order valence-electron chi connectivity index (χ4n) is 2.12. The number of rotatable bonds is 2. The highest BCUT2D eigenvalue weighted by Gasteiger charge is 2.09. The van der Waals surface area contributed by atoms with Crippen molar-refractivity contribution in [1.29, 1.82) is 0 Å². The highest BCUT2D eigenvalue weighted by Crippen LogP contribution is 2.25. The van der Waals surface area contributed by atoms with Crippen LogP contribution in [-0.2, 0) is 6.61 Å². The van der Waals surface area contributed by atoms with Crippen molar-refractivity contribution in [1.82, 2.24) is 15.2 Å². The summed E-state index contributed by atoms with van der Waals surface area (Å²) in [5.74, 6) is 0. The van der Waals surface area contributed by atoms with Gasteiger partial charge in [-0.2, -0.15) is 10.2 Å². The van der Waals surface area contributed by atoms with Crippen LogP contribution in [0.5, 0.6) is 0 Å². The highest BCUT2D eigenvalue weighted by molar-refractivity contribution is 5.83. The second kappa shape index (κ2) is 4.74. The molecule has 94 valence electrons. The minimum Gasteiger partial charge on any atom is -0.392 e. The third-order valence-electron chi connectivity index (χ3n) is 3.08. The average molecular weight is 251 g/mol. The van der Waals surface area contributed by atoms with E-state index in [1.807, 2.05) is 37.3 Å². The molecule has 0 atom stereocenters. The van der Waals surface area contributed by atoms with Gasteiger partial charge in [-0.05, 0) is 30.7 Å². The first-order valence-corrected chi connectivity index (χ1v) is 6.06. The smallest absolute Gasteiger partial charge is 0.0781 e. The Morgan fingerprint density at radius 1 is 1.11 bits per heavy atom. The van der Waals surface area contributed by atoms with E-state index in [1.165, 1.54) is 0 Å². The number of pyridine rings is 1. The Morgan fingerprint density at radius 3 is 2.74 bits per heavy atom. The third kappa shape index (κ3) is 2.18. The Morgan fingerprint density at radius 2 is 2.00 bits per heavy atom. The number of aliphatic hydroxyl groups excluding tert-OH is 1. The Bertz CT molecular complexity index is 726. The zero-order valence-electron chi connectivity index (χ0n) is 10.5. The molecule has 0 aliphatic carbocycles. The number of aromatic nitrogens is 3. The molecule has 1 aromatic carbocycles. The average Bonchev–Trinajstić information content (AvgIpc) is 2.46. The number of hydrogen-bond acceptors (Lipinski definition) is 4. The van der Waals surface area contributed by atoms with Gasteiger partial charge in [0.2, 0.25) is 0 Å². The van der Waals surface area contributed by atoms with Gasteiger partial charge in [0.1, 0.15) is 0 Å². The lowest BCUT2D eigenvalue weighted by Gasteiger charge is -2.09. The molecule has 0 unspecified atom stereocenters. The number of benzene rings is 1. The molecule has 4 heteroatoms. The number of aliphatic hydroxyl groups is 1. The molecule has 0 spiro atoms. The van der Waals surface area contributed by atoms with Gasteiger partial charge >= 0.3 is 0 Å². The topological polar surface area (TPSA) is 58.9 Å². The van der Waals surface area contributed by atoms with Crippen LogP contribution in [0.4, 0.5) is 0 Å². The van der Waals surface area contributed by atoms with Crippen molar-refractivity contribution < 1.29 is 5.11 Å². The standard InChI is InChI=1S/C15H13N3O/c1-10-2-3-11-7-13(9-19)15(18-14(11)6-10)12-4-5-16-17-8-12/h2-8,19H,9H2,1H3. The van der Waals surface area contributed by atoms with Crippen LogP contribution in [0.1, 0.15) is 11.1 Å². The number of fused-ring (bicyclic) bond motifs is 1. The summed E-state index contributed by atoms with van der Waals surface area (Å²) in [6, 6.07) is 9.91. The molecule has 19 heavy (non-hydrogen) atoms. The first-order valence-electron chi connectivity index (χ1n) is 6.06. The molecule has 3 aromatic rings. The quantitative estimate of drug-likeness (QED) is 0.760. The summed E-state index contributed by atoms with van der Waals surface area (Å²) in [4.78, 5) is 4.65. The van der Waals surface area contributed by atoms with Crippen LogP contribution in [-0.4, -0.2) is 20.3 Å². The van der Waals surface area contributed by atoms with E-state index in [4.69, 9.17) is 0 Å². The normalized spacial score (nSPS) is 10.8. The van der Waals surface area contributed by atoms with E-state index < -0.39 is 0 Å². The maximum absolute atomic E-state index is 9.52. The second-order valence-corrected chi connectivity index (χ2v) is 4.48. The van der Waals surface area contributed by atoms with Gasteiger partial charge in [0.15, 0.2) is 0 Å². The fourth-order valence-corrected chi connectivity index (χ4v) is 2.12. The van der Waals surface area contributed by atoms with Crippen molar-refractivity contribution >= 4 is 10.9 Å². The van der Waals surface area contributed by atoms with E-state index in [0.29, 0.717) is 0 Å². The van der Waals surface area contributed by atoms with Crippen molar-refractivity contribution in [3.63, 3.8) is 0 Å². The summed E-state index contributed by atoms with van der Waals surface area (Å²) in [7, 11) is 0. The fraction of sp³-hybridized carbons (Fsp3) is 0.133. The predicted octanol–water partition coefficient (Wildman–Crippen LogP) is 2.49. The largest absolute Gasteiger partial charge is 0.392 e. The van der Waals surface area contributed by atoms with Crippen molar-refractivity contribution in [3.05, 3.63) is 53.9 Å². The molecule has 0 fully saturated rings. The van der Waals surface area contributed by atoms with Crippen molar-refractivity contribution in [2.75, 3.05) is 0 Å². The van der Waals surface area contributed by atoms with Crippen LogP contribution in [0.15, 0.2) is 42.7 Å². The SMILES string of the molecule is Cc1ccc2cc(CO)c(-c3ccnnc3)nc2c1. The summed E-state index contributed by atoms with van der Waals surface area (Å²) in [5, 5.41) is 18.2. The predicted molar refractivity (Wildman–Crippen MR) is 73.4 cm³/mol. The Kier molecular flexibility index (Phi) is 2.93. The zero-order valence-corrected chi connectivity index (χ0v) is 10.5. The third-order valence-corrected chi connectivity index (χ3v) is 3.08. The van der Waals surface area contributed by atoms with E-state index >= 15 is 0 Å². The van der Waals surface area contributed by atoms with Gasteiger partial charge in [0.25, 0.3) is 0 Å². The van der Waals surface area contributed by atoms with Crippen LogP contribution in [0.2, 0.25) is 0 Å². The molecule has 0 aliphatic heterocycles. The molecule has 3 rings (SSSR count). The lowest BCUT2D eigenvalue weighted by molar-refractivity contribution is 0.282. The summed E-state index contributed by atoms with van der Waals surface area (Å²) < 4.78 is 0. The van der Waals surface area contributed by atoms with Crippen LogP contribution in [0.25, 0.3) is 22.2 Å². The molecule has 2 heterocycles. The van der Waals surface area contributed by atoms with Crippen molar-refractivity contribution in [2.24, 2.45) is 0 Å². The van der Waals surface area contributed by atoms with Crippen molar-refractivity contribution in [3.8, 4) is 11.3 Å². The summed E-state index contributed by atoms with van der Waals surface area (Å²) in [6.07, 6.45) is 3.28. The van der Waals surface area contributed by atoms with E-state index in [-0.39, 0.29) is 6.61 Å². The van der Waals surface area contributed by atoms with Gasteiger partial charge in [-0.1, -0.05) is 12.1 Å². The molecule has 0 radical (unpaired) electrons. The van der Waals surface area contributed by atoms with Gasteiger partial charge in [-0.3, -0.25) is 0 Å². The lowest BCUT2D eigenvalue weighted by Crippen LogP contribution is -1.95. The molecule has 0 aliphatic rings. The Hall–Kier alpha value is -2.33. The van der Waals surface area contributed by atoms with E-state index in [2.05, 4.69) is 15.2 Å². The first kappa shape index (κ1) is 11.7. The minimum atomic E-state index is -0.0472. The molecule has 1 N–H and O–H groups in total. The van der Waals surface area contributed by atoms with Gasteiger partial charge in [0.05, 0.1) is 30.2 Å². The zero-order chi connectivity index (χ0) is 13.2. The maximum atomic E-state index is 9.52. The second-order valence-electron chi connectivity index (χ2n) is 4.48. The lowest BCUT2D eigenvalue weighted by atomic mass is 10.0. The van der Waals surface area contributed by atoms with Gasteiger partial charge in [-0.25, -0.2) is 4.98 Å². The van der Waals surface area contributed by atoms with Gasteiger partial charge in [-0.15, -0.1) is 0 Å². The molecule has 2 aromatic heterocycles. The summed E-state index contributed by atoms with van der Waals surface area (Å²) in [5.41, 5.74) is 4.50. The Labute approximate surface area is 110 Å². The van der Waals surface area contributed by atoms with E-state index in [9.17, 15) is 5.11 Å². The summed E-state index contributed by atoms with van der Waals surface area (Å²) >= 11 is 0. The van der Waals surface area contributed by atoms with Crippen LogP contribution >= 0.6 is 0 Å². The van der Waals surface area contributed by atoms with Crippen molar-refractivity contribution in [2.45, 2.75) is 13.5 Å². The molecule has 0 bridgehead atoms. The first-order chi connectivity index (χ1) is 9.28. The van der Waals surface area contributed by atoms with E-state index in [1.54, 1.807) is 12.4 Å². The van der Waals surface area contributed by atoms with E-state index in [0.717, 1.165) is 33.3 Å². The van der Waals surface area contributed by atoms with Crippen LogP contribution in [0.3, 0.4) is 0 Å². The number of aryl methyl sites for hydroxylation is 1. The monoisotopic (exact) mass is 251 g/mol. The molecule has 0 saturated heterocycles. The number of nitrogens with zero attached hydrogens (tertiary/aromatic N) is 3. The van der Waals surface area contributed by atoms with Crippen LogP contribution in [0, 0.1) is 6.92 Å². The van der Waals surface area contributed by atoms with Gasteiger partial charge < -0.3 is 5.11 Å². The van der Waals surface area contributed by atoms with Crippen LogP contribution < -0.4 is 0 Å². The number of hydrogen-bond donors (Lipinski definition) is 1. The molecule has 0 saturated carbocycles. The minimum absolute atomic E-state index is 0.0472. The highest BCUT2D eigenvalue weighted by atomic mass is 16.3. The molecular formula is C15H13N3O. The maximum Gasteiger partial charge on any atom is 0.0781 e. The molecular weight excluding hydrogens is 238 g/mol.